The Labute approximate surface area is 136 Å². The van der Waals surface area contributed by atoms with Crippen molar-refractivity contribution < 1.29 is 4.74 Å². The largest absolute Gasteiger partial charge is 0.492 e. The van der Waals surface area contributed by atoms with Crippen molar-refractivity contribution in [3.05, 3.63) is 28.7 Å². The highest BCUT2D eigenvalue weighted by Crippen LogP contribution is 2.62. The van der Waals surface area contributed by atoms with Crippen molar-refractivity contribution in [1.82, 2.24) is 5.32 Å². The van der Waals surface area contributed by atoms with Crippen LogP contribution in [0, 0.1) is 16.7 Å². The van der Waals surface area contributed by atoms with Gasteiger partial charge in [-0.05, 0) is 54.2 Å². The molecule has 1 aromatic rings. The molecule has 0 aliphatic heterocycles. The molecule has 1 aromatic carbocycles. The smallest absolute Gasteiger partial charge is 0.120 e. The van der Waals surface area contributed by atoms with E-state index in [0.29, 0.717) is 16.9 Å². The summed E-state index contributed by atoms with van der Waals surface area (Å²) in [4.78, 5) is 0. The summed E-state index contributed by atoms with van der Waals surface area (Å²) >= 11 is 3.47. The van der Waals surface area contributed by atoms with Crippen molar-refractivity contribution in [3.63, 3.8) is 0 Å². The summed E-state index contributed by atoms with van der Waals surface area (Å²) in [5, 5.41) is 3.79. The number of benzene rings is 1. The number of nitrogens with one attached hydrogen (secondary N) is 1. The standard InChI is InChI=1S/C18H26BrNO/c1-17(2)13-7-8-18(3,12-13)16(17)20-9-10-21-15-6-4-5-14(19)11-15/h4-6,11,13,16,20H,7-10,12H2,1-3H3. The van der Waals surface area contributed by atoms with Crippen LogP contribution in [0.3, 0.4) is 0 Å². The Morgan fingerprint density at radius 1 is 1.33 bits per heavy atom. The highest BCUT2D eigenvalue weighted by molar-refractivity contribution is 9.10. The first-order chi connectivity index (χ1) is 9.92. The number of fused-ring (bicyclic) bond motifs is 2. The molecule has 2 fully saturated rings. The highest BCUT2D eigenvalue weighted by Gasteiger charge is 2.58. The average Bonchev–Trinajstić information content (AvgIpc) is 2.89. The van der Waals surface area contributed by atoms with Gasteiger partial charge in [-0.2, -0.15) is 0 Å². The molecule has 0 saturated heterocycles. The van der Waals surface area contributed by atoms with Crippen molar-refractivity contribution in [1.29, 1.82) is 0 Å². The molecule has 2 bridgehead atoms. The first-order valence-corrected chi connectivity index (χ1v) is 8.83. The van der Waals surface area contributed by atoms with Crippen LogP contribution in [0.2, 0.25) is 0 Å². The predicted octanol–water partition coefficient (Wildman–Crippen LogP) is 4.63. The molecule has 3 atom stereocenters. The molecule has 0 spiro atoms. The predicted molar refractivity (Wildman–Crippen MR) is 90.7 cm³/mol. The Balaban J connectivity index is 1.52. The molecular weight excluding hydrogens is 326 g/mol. The van der Waals surface area contributed by atoms with Crippen LogP contribution in [-0.4, -0.2) is 19.2 Å². The molecule has 0 radical (unpaired) electrons. The Morgan fingerprint density at radius 3 is 2.81 bits per heavy atom. The van der Waals surface area contributed by atoms with E-state index in [1.807, 2.05) is 24.3 Å². The summed E-state index contributed by atoms with van der Waals surface area (Å²) in [6.07, 6.45) is 4.19. The Morgan fingerprint density at radius 2 is 2.14 bits per heavy atom. The molecule has 2 saturated carbocycles. The van der Waals surface area contributed by atoms with E-state index in [9.17, 15) is 0 Å². The van der Waals surface area contributed by atoms with Gasteiger partial charge in [-0.3, -0.25) is 0 Å². The first kappa shape index (κ1) is 15.4. The van der Waals surface area contributed by atoms with Crippen LogP contribution in [0.1, 0.15) is 40.0 Å². The lowest BCUT2D eigenvalue weighted by Crippen LogP contribution is -2.51. The second kappa shape index (κ2) is 5.58. The lowest BCUT2D eigenvalue weighted by molar-refractivity contribution is 0.105. The Hall–Kier alpha value is -0.540. The monoisotopic (exact) mass is 351 g/mol. The zero-order valence-electron chi connectivity index (χ0n) is 13.3. The number of hydrogen-bond acceptors (Lipinski definition) is 2. The molecule has 116 valence electrons. The van der Waals surface area contributed by atoms with Gasteiger partial charge in [-0.15, -0.1) is 0 Å². The SMILES string of the molecule is CC12CCC(C1)C(C)(C)C2NCCOc1cccc(Br)c1. The first-order valence-electron chi connectivity index (χ1n) is 8.04. The average molecular weight is 352 g/mol. The van der Waals surface area contributed by atoms with E-state index in [1.165, 1.54) is 19.3 Å². The molecule has 3 heteroatoms. The van der Waals surface area contributed by atoms with E-state index >= 15 is 0 Å². The number of ether oxygens (including phenoxy) is 1. The topological polar surface area (TPSA) is 21.3 Å². The quantitative estimate of drug-likeness (QED) is 0.780. The summed E-state index contributed by atoms with van der Waals surface area (Å²) in [6.45, 7) is 8.99. The third-order valence-electron chi connectivity index (χ3n) is 5.79. The van der Waals surface area contributed by atoms with Crippen molar-refractivity contribution >= 4 is 15.9 Å². The van der Waals surface area contributed by atoms with Crippen LogP contribution < -0.4 is 10.1 Å². The van der Waals surface area contributed by atoms with E-state index in [4.69, 9.17) is 4.74 Å². The lowest BCUT2D eigenvalue weighted by Gasteiger charge is -2.43. The normalized spacial score (nSPS) is 33.3. The van der Waals surface area contributed by atoms with Gasteiger partial charge in [0.05, 0.1) is 0 Å². The molecule has 3 unspecified atom stereocenters. The Bertz CT molecular complexity index is 511. The summed E-state index contributed by atoms with van der Waals surface area (Å²) in [7, 11) is 0. The fourth-order valence-electron chi connectivity index (χ4n) is 4.74. The van der Waals surface area contributed by atoms with E-state index in [0.717, 1.165) is 29.3 Å². The molecule has 0 amide bonds. The fourth-order valence-corrected chi connectivity index (χ4v) is 5.12. The van der Waals surface area contributed by atoms with Gasteiger partial charge < -0.3 is 10.1 Å². The third kappa shape index (κ3) is 2.87. The van der Waals surface area contributed by atoms with Gasteiger partial charge in [-0.25, -0.2) is 0 Å². The minimum Gasteiger partial charge on any atom is -0.492 e. The van der Waals surface area contributed by atoms with Crippen LogP contribution in [0.25, 0.3) is 0 Å². The van der Waals surface area contributed by atoms with Crippen LogP contribution in [0.5, 0.6) is 5.75 Å². The van der Waals surface area contributed by atoms with Gasteiger partial charge in [0, 0.05) is 17.1 Å². The highest BCUT2D eigenvalue weighted by atomic mass is 79.9. The molecule has 2 aliphatic rings. The molecule has 2 nitrogen and oxygen atoms in total. The Kier molecular flexibility index (Phi) is 4.08. The summed E-state index contributed by atoms with van der Waals surface area (Å²) in [6, 6.07) is 8.67. The van der Waals surface area contributed by atoms with E-state index < -0.39 is 0 Å². The third-order valence-corrected chi connectivity index (χ3v) is 6.28. The molecule has 3 rings (SSSR count). The minimum atomic E-state index is 0.419. The second-order valence-electron chi connectivity index (χ2n) is 7.61. The maximum absolute atomic E-state index is 5.84. The molecule has 0 heterocycles. The van der Waals surface area contributed by atoms with Gasteiger partial charge in [0.25, 0.3) is 0 Å². The number of halogens is 1. The van der Waals surface area contributed by atoms with E-state index in [2.05, 4.69) is 42.0 Å². The van der Waals surface area contributed by atoms with E-state index in [1.54, 1.807) is 0 Å². The molecule has 21 heavy (non-hydrogen) atoms. The van der Waals surface area contributed by atoms with Crippen molar-refractivity contribution in [2.45, 2.75) is 46.1 Å². The summed E-state index contributed by atoms with van der Waals surface area (Å²) < 4.78 is 6.90. The molecule has 1 N–H and O–H groups in total. The summed E-state index contributed by atoms with van der Waals surface area (Å²) in [5.41, 5.74) is 0.909. The zero-order valence-corrected chi connectivity index (χ0v) is 14.9. The number of hydrogen-bond donors (Lipinski definition) is 1. The fraction of sp³-hybridized carbons (Fsp3) is 0.667. The van der Waals surface area contributed by atoms with Gasteiger partial charge >= 0.3 is 0 Å². The van der Waals surface area contributed by atoms with Gasteiger partial charge in [0.1, 0.15) is 12.4 Å². The summed E-state index contributed by atoms with van der Waals surface area (Å²) in [5.74, 6) is 1.83. The number of rotatable bonds is 5. The van der Waals surface area contributed by atoms with Gasteiger partial charge in [0.2, 0.25) is 0 Å². The van der Waals surface area contributed by atoms with Crippen LogP contribution >= 0.6 is 15.9 Å². The molecule has 0 aromatic heterocycles. The van der Waals surface area contributed by atoms with Crippen LogP contribution in [0.15, 0.2) is 28.7 Å². The zero-order chi connectivity index (χ0) is 15.1. The second-order valence-corrected chi connectivity index (χ2v) is 8.52. The van der Waals surface area contributed by atoms with Crippen molar-refractivity contribution in [3.8, 4) is 5.75 Å². The molecule has 2 aliphatic carbocycles. The maximum Gasteiger partial charge on any atom is 0.120 e. The van der Waals surface area contributed by atoms with Crippen molar-refractivity contribution in [2.24, 2.45) is 16.7 Å². The molecular formula is C18H26BrNO. The van der Waals surface area contributed by atoms with Crippen molar-refractivity contribution in [2.75, 3.05) is 13.2 Å². The minimum absolute atomic E-state index is 0.419. The van der Waals surface area contributed by atoms with Crippen LogP contribution in [0.4, 0.5) is 0 Å². The van der Waals surface area contributed by atoms with E-state index in [-0.39, 0.29) is 0 Å². The maximum atomic E-state index is 5.84. The lowest BCUT2D eigenvalue weighted by atomic mass is 9.68. The van der Waals surface area contributed by atoms with Gasteiger partial charge in [0.15, 0.2) is 0 Å². The van der Waals surface area contributed by atoms with Crippen LogP contribution in [-0.2, 0) is 0 Å². The van der Waals surface area contributed by atoms with Gasteiger partial charge in [-0.1, -0.05) is 42.8 Å².